The van der Waals surface area contributed by atoms with Crippen molar-refractivity contribution in [2.75, 3.05) is 19.7 Å². The Hall–Kier alpha value is -3.65. The second kappa shape index (κ2) is 11.2. The maximum Gasteiger partial charge on any atom is 0.290 e. The first-order valence-corrected chi connectivity index (χ1v) is 12.8. The van der Waals surface area contributed by atoms with E-state index in [0.29, 0.717) is 31.7 Å². The van der Waals surface area contributed by atoms with E-state index in [2.05, 4.69) is 5.32 Å². The Balaban J connectivity index is 1.41. The van der Waals surface area contributed by atoms with Gasteiger partial charge in [0.1, 0.15) is 11.6 Å². The highest BCUT2D eigenvalue weighted by Gasteiger charge is 2.34. The highest BCUT2D eigenvalue weighted by atomic mass is 19.1. The summed E-state index contributed by atoms with van der Waals surface area (Å²) in [5, 5.41) is 2.95. The van der Waals surface area contributed by atoms with Crippen LogP contribution >= 0.6 is 0 Å². The van der Waals surface area contributed by atoms with Crippen LogP contribution in [0, 0.1) is 5.82 Å². The highest BCUT2D eigenvalue weighted by molar-refractivity contribution is 5.92. The van der Waals surface area contributed by atoms with E-state index in [0.717, 1.165) is 36.1 Å². The van der Waals surface area contributed by atoms with Crippen LogP contribution in [0.2, 0.25) is 0 Å². The molecule has 5 rings (SSSR count). The van der Waals surface area contributed by atoms with E-state index in [1.165, 1.54) is 18.4 Å². The third-order valence-corrected chi connectivity index (χ3v) is 6.99. The first-order valence-electron chi connectivity index (χ1n) is 12.8. The summed E-state index contributed by atoms with van der Waals surface area (Å²) < 4.78 is 30.9. The third-order valence-electron chi connectivity index (χ3n) is 6.99. The number of hydrogen-bond acceptors (Lipinski definition) is 5. The zero-order chi connectivity index (χ0) is 25.8. The fourth-order valence-electron chi connectivity index (χ4n) is 5.05. The molecule has 0 saturated carbocycles. The van der Waals surface area contributed by atoms with Crippen molar-refractivity contribution in [1.29, 1.82) is 0 Å². The number of amides is 2. The lowest BCUT2D eigenvalue weighted by Gasteiger charge is -2.37. The average Bonchev–Trinajstić information content (AvgIpc) is 3.65. The maximum absolute atomic E-state index is 13.8. The minimum absolute atomic E-state index is 0.0550. The molecule has 3 unspecified atom stereocenters. The molecular weight excluding hydrogens is 475 g/mol. The Bertz CT molecular complexity index is 1220. The van der Waals surface area contributed by atoms with Gasteiger partial charge in [-0.25, -0.2) is 4.39 Å². The van der Waals surface area contributed by atoms with E-state index < -0.39 is 12.1 Å². The van der Waals surface area contributed by atoms with Gasteiger partial charge in [-0.1, -0.05) is 25.1 Å². The molecule has 3 heterocycles. The van der Waals surface area contributed by atoms with Crippen molar-refractivity contribution in [3.8, 4) is 5.75 Å². The summed E-state index contributed by atoms with van der Waals surface area (Å²) in [4.78, 5) is 27.9. The van der Waals surface area contributed by atoms with Gasteiger partial charge in [0.15, 0.2) is 11.9 Å². The van der Waals surface area contributed by atoms with E-state index in [1.54, 1.807) is 29.2 Å². The van der Waals surface area contributed by atoms with Crippen LogP contribution in [-0.4, -0.2) is 48.6 Å². The second-order valence-corrected chi connectivity index (χ2v) is 9.44. The highest BCUT2D eigenvalue weighted by Crippen LogP contribution is 2.38. The lowest BCUT2D eigenvalue weighted by atomic mass is 9.87. The monoisotopic (exact) mass is 506 g/mol. The molecule has 1 aromatic heterocycles. The van der Waals surface area contributed by atoms with E-state index in [-0.39, 0.29) is 29.5 Å². The molecule has 7 nitrogen and oxygen atoms in total. The zero-order valence-corrected chi connectivity index (χ0v) is 20.8. The van der Waals surface area contributed by atoms with Crippen molar-refractivity contribution in [2.45, 2.75) is 50.9 Å². The van der Waals surface area contributed by atoms with Crippen molar-refractivity contribution >= 4 is 11.8 Å². The quantitative estimate of drug-likeness (QED) is 0.481. The molecule has 0 spiro atoms. The molecule has 1 saturated heterocycles. The number of carbonyl (C=O) groups is 2. The minimum Gasteiger partial charge on any atom is -0.481 e. The Kier molecular flexibility index (Phi) is 7.55. The number of furan rings is 1. The molecular formula is C29H31FN2O5. The predicted octanol–water partition coefficient (Wildman–Crippen LogP) is 4.66. The third kappa shape index (κ3) is 5.54. The van der Waals surface area contributed by atoms with Crippen LogP contribution in [0.3, 0.4) is 0 Å². The van der Waals surface area contributed by atoms with Crippen LogP contribution in [0.1, 0.15) is 59.5 Å². The predicted molar refractivity (Wildman–Crippen MR) is 135 cm³/mol. The van der Waals surface area contributed by atoms with Crippen LogP contribution in [0.5, 0.6) is 5.75 Å². The fourth-order valence-corrected chi connectivity index (χ4v) is 5.05. The molecule has 0 aliphatic carbocycles. The van der Waals surface area contributed by atoms with Crippen LogP contribution in [-0.2, 0) is 16.0 Å². The SMILES string of the molecule is CCC(Oc1ccc2c(c1)C(c1ccc(F)cc1)N(C(=O)c1ccco1)CC2)C(=O)NCC1CCCO1. The topological polar surface area (TPSA) is 81.0 Å². The van der Waals surface area contributed by atoms with Crippen LogP contribution in [0.4, 0.5) is 4.39 Å². The Labute approximate surface area is 215 Å². The molecule has 1 N–H and O–H groups in total. The van der Waals surface area contributed by atoms with Crippen molar-refractivity contribution in [3.63, 3.8) is 0 Å². The fraction of sp³-hybridized carbons (Fsp3) is 0.379. The normalized spacial score (nSPS) is 19.8. The van der Waals surface area contributed by atoms with Gasteiger partial charge in [0.25, 0.3) is 11.8 Å². The molecule has 3 atom stereocenters. The molecule has 0 radical (unpaired) electrons. The van der Waals surface area contributed by atoms with Gasteiger partial charge in [0.2, 0.25) is 0 Å². The van der Waals surface area contributed by atoms with E-state index in [1.807, 2.05) is 25.1 Å². The number of carbonyl (C=O) groups excluding carboxylic acids is 2. The molecule has 2 amide bonds. The van der Waals surface area contributed by atoms with Gasteiger partial charge in [0.05, 0.1) is 18.4 Å². The molecule has 2 aliphatic heterocycles. The number of rotatable bonds is 8. The van der Waals surface area contributed by atoms with Crippen LogP contribution < -0.4 is 10.1 Å². The summed E-state index contributed by atoms with van der Waals surface area (Å²) in [5.41, 5.74) is 2.73. The number of nitrogens with one attached hydrogen (secondary N) is 1. The number of hydrogen-bond donors (Lipinski definition) is 1. The van der Waals surface area contributed by atoms with Crippen molar-refractivity contribution in [1.82, 2.24) is 10.2 Å². The first kappa shape index (κ1) is 25.0. The summed E-state index contributed by atoms with van der Waals surface area (Å²) >= 11 is 0. The van der Waals surface area contributed by atoms with Gasteiger partial charge in [0, 0.05) is 19.7 Å². The molecule has 1 fully saturated rings. The molecule has 8 heteroatoms. The second-order valence-electron chi connectivity index (χ2n) is 9.44. The summed E-state index contributed by atoms with van der Waals surface area (Å²) in [5.74, 6) is 0.0199. The molecule has 3 aromatic rings. The van der Waals surface area contributed by atoms with Gasteiger partial charge in [-0.3, -0.25) is 9.59 Å². The van der Waals surface area contributed by atoms with E-state index >= 15 is 0 Å². The van der Waals surface area contributed by atoms with Crippen molar-refractivity contribution in [2.24, 2.45) is 0 Å². The van der Waals surface area contributed by atoms with Gasteiger partial charge >= 0.3 is 0 Å². The summed E-state index contributed by atoms with van der Waals surface area (Å²) in [6.45, 7) is 3.59. The minimum atomic E-state index is -0.659. The van der Waals surface area contributed by atoms with Crippen LogP contribution in [0.15, 0.2) is 65.3 Å². The van der Waals surface area contributed by atoms with E-state index in [4.69, 9.17) is 13.9 Å². The molecule has 37 heavy (non-hydrogen) atoms. The summed E-state index contributed by atoms with van der Waals surface area (Å²) in [7, 11) is 0. The van der Waals surface area contributed by atoms with Crippen molar-refractivity contribution in [3.05, 3.63) is 89.1 Å². The van der Waals surface area contributed by atoms with Gasteiger partial charge in [-0.2, -0.15) is 0 Å². The lowest BCUT2D eigenvalue weighted by molar-refractivity contribution is -0.128. The van der Waals surface area contributed by atoms with Crippen molar-refractivity contribution < 1.29 is 27.9 Å². The molecule has 2 aromatic carbocycles. The zero-order valence-electron chi connectivity index (χ0n) is 20.8. The number of nitrogens with zero attached hydrogens (tertiary/aromatic N) is 1. The van der Waals surface area contributed by atoms with Gasteiger partial charge in [-0.05, 0) is 78.8 Å². The Morgan fingerprint density at radius 2 is 2.03 bits per heavy atom. The lowest BCUT2D eigenvalue weighted by Crippen LogP contribution is -2.41. The largest absolute Gasteiger partial charge is 0.481 e. The number of halogens is 1. The maximum atomic E-state index is 13.8. The molecule has 2 aliphatic rings. The molecule has 0 bridgehead atoms. The number of fused-ring (bicyclic) bond motifs is 1. The average molecular weight is 507 g/mol. The summed E-state index contributed by atoms with van der Waals surface area (Å²) in [6.07, 6.45) is 3.97. The summed E-state index contributed by atoms with van der Waals surface area (Å²) in [6, 6.07) is 14.8. The Morgan fingerprint density at radius 1 is 1.19 bits per heavy atom. The smallest absolute Gasteiger partial charge is 0.290 e. The Morgan fingerprint density at radius 3 is 2.73 bits per heavy atom. The number of benzene rings is 2. The van der Waals surface area contributed by atoms with Gasteiger partial charge in [-0.15, -0.1) is 0 Å². The molecule has 194 valence electrons. The van der Waals surface area contributed by atoms with Gasteiger partial charge < -0.3 is 24.1 Å². The van der Waals surface area contributed by atoms with Crippen LogP contribution in [0.25, 0.3) is 0 Å². The first-order chi connectivity index (χ1) is 18.0. The standard InChI is InChI=1S/C29H31FN2O5/c1-2-25(28(33)31-18-23-5-3-15-35-23)37-22-12-9-19-13-14-32(29(34)26-6-4-16-36-26)27(24(19)17-22)20-7-10-21(30)11-8-20/h4,6-12,16-17,23,25,27H,2-3,5,13-15,18H2,1H3,(H,31,33). The van der Waals surface area contributed by atoms with E-state index in [9.17, 15) is 14.0 Å². The number of ether oxygens (including phenoxy) is 2.